The summed E-state index contributed by atoms with van der Waals surface area (Å²) in [4.78, 5) is 96.7. The number of carbonyl (C=O) groups is 4. The summed E-state index contributed by atoms with van der Waals surface area (Å²) < 4.78 is 84.9. The number of halogens is 3. The number of carbonyl (C=O) groups excluding carboxylic acids is 4. The number of nitrogens with zero attached hydrogens (tertiary/aromatic N) is 14. The van der Waals surface area contributed by atoms with E-state index in [2.05, 4.69) is 113 Å². The van der Waals surface area contributed by atoms with E-state index in [-0.39, 0.29) is 77.4 Å². The first kappa shape index (κ1) is 80.3. The van der Waals surface area contributed by atoms with Crippen molar-refractivity contribution in [3.63, 3.8) is 0 Å². The topological polar surface area (TPSA) is 366 Å². The van der Waals surface area contributed by atoms with Crippen molar-refractivity contribution in [3.05, 3.63) is 196 Å². The molecule has 35 heteroatoms. The number of hydrogen-bond donors (Lipinski definition) is 6. The second-order valence-corrected chi connectivity index (χ2v) is 23.7. The third-order valence-electron chi connectivity index (χ3n) is 16.0. The van der Waals surface area contributed by atoms with Gasteiger partial charge in [-0.2, -0.15) is 33.1 Å². The summed E-state index contributed by atoms with van der Waals surface area (Å²) in [6.45, 7) is 16.9. The van der Waals surface area contributed by atoms with Gasteiger partial charge in [0.25, 0.3) is 17.6 Å². The first-order valence-electron chi connectivity index (χ1n) is 34.1. The maximum atomic E-state index is 14.1. The second kappa shape index (κ2) is 40.7. The van der Waals surface area contributed by atoms with Gasteiger partial charge < -0.3 is 84.5 Å². The lowest BCUT2D eigenvalue weighted by Crippen LogP contribution is -2.43. The quantitative estimate of drug-likeness (QED) is 0.0274. The minimum atomic E-state index is -0.666. The fraction of sp³-hybridized carbons (Fsp3) is 0.267. The van der Waals surface area contributed by atoms with Crippen molar-refractivity contribution in [2.75, 3.05) is 107 Å². The summed E-state index contributed by atoms with van der Waals surface area (Å²) in [6.07, 6.45) is 17.8. The van der Waals surface area contributed by atoms with Crippen LogP contribution >= 0.6 is 0 Å². The molecule has 7 aromatic heterocycles. The molecule has 1 unspecified atom stereocenters. The van der Waals surface area contributed by atoms with E-state index < -0.39 is 17.5 Å². The van der Waals surface area contributed by atoms with Crippen LogP contribution in [0.5, 0.6) is 46.8 Å². The van der Waals surface area contributed by atoms with Crippen molar-refractivity contribution < 1.29 is 70.2 Å². The van der Waals surface area contributed by atoms with Crippen LogP contribution in [0.15, 0.2) is 179 Å². The molecule has 3 aliphatic rings. The smallest absolute Gasteiger partial charge is 0.255 e. The third kappa shape index (κ3) is 24.1. The number of hydrogen-bond acceptors (Lipinski definition) is 28. The van der Waals surface area contributed by atoms with Gasteiger partial charge in [0.2, 0.25) is 82.5 Å². The van der Waals surface area contributed by atoms with Crippen LogP contribution in [-0.4, -0.2) is 186 Å². The van der Waals surface area contributed by atoms with Crippen LogP contribution in [0.3, 0.4) is 0 Å². The maximum absolute atomic E-state index is 14.1. The summed E-state index contributed by atoms with van der Waals surface area (Å²) >= 11 is 0. The zero-order valence-corrected chi connectivity index (χ0v) is 60.8. The van der Waals surface area contributed by atoms with Crippen molar-refractivity contribution in [3.8, 4) is 46.8 Å². The number of likely N-dealkylation sites (tertiary alicyclic amines) is 3. The number of anilines is 11. The lowest BCUT2D eigenvalue weighted by Gasteiger charge is -2.32. The molecule has 3 saturated heterocycles. The molecule has 110 heavy (non-hydrogen) atoms. The Balaban J connectivity index is 0.000000169. The van der Waals surface area contributed by atoms with Gasteiger partial charge in [-0.25, -0.2) is 34.9 Å². The van der Waals surface area contributed by atoms with E-state index >= 15 is 0 Å². The van der Waals surface area contributed by atoms with E-state index in [1.165, 1.54) is 45.6 Å². The van der Waals surface area contributed by atoms with Crippen molar-refractivity contribution in [1.82, 2.24) is 69.5 Å². The Morgan fingerprint density at radius 2 is 0.782 bits per heavy atom. The number of piperidine rings is 3. The average molecular weight is 1510 g/mol. The standard InChI is InChI=1S/C20H20N6O3.C19H21FN4O3.2C18H20FN5O3/c1-4-17(27)23-13-6-5-7-14(10-13)24-19-16(28-2)12-22-20(26-19)25-15-8-9-18(29-3)21-11-15;1-3-17(25)24-9-5-8-15(12-24)27-18-16(20)11-21-19(23-18)22-13-6-4-7-14(10-13)26-2;2*1-3-16(25)24-8-4-5-13(11-24)27-17-14(19)10-21-18(23-17)22-12-6-7-15(26-2)20-9-12/h4-12H,1H2,2-3H3,(H,23,27)(H2,22,24,25,26);3-4,6-7,10-11,15H,1,5,8-9,12H2,2H3,(H,21,22,23);2*3,6-7,9-10,13H,1,4-5,8,11H2,2H3,(H,21,22,23)/t;15-;13-;/m.10./s1. The molecule has 0 aliphatic carbocycles. The van der Waals surface area contributed by atoms with E-state index in [1.807, 2.05) is 24.3 Å². The molecule has 3 aliphatic heterocycles. The Hall–Kier alpha value is -13.8. The molecule has 2 aromatic carbocycles. The van der Waals surface area contributed by atoms with Gasteiger partial charge in [0.05, 0.1) is 116 Å². The lowest BCUT2D eigenvalue weighted by atomic mass is 10.1. The highest BCUT2D eigenvalue weighted by Crippen LogP contribution is 2.31. The van der Waals surface area contributed by atoms with Crippen LogP contribution < -0.4 is 69.8 Å². The minimum absolute atomic E-state index is 0.145. The van der Waals surface area contributed by atoms with Crippen LogP contribution in [-0.2, 0) is 19.2 Å². The average Bonchev–Trinajstić information content (AvgIpc) is 0.841. The Labute approximate surface area is 631 Å². The van der Waals surface area contributed by atoms with Crippen LogP contribution in [0.4, 0.5) is 76.9 Å². The summed E-state index contributed by atoms with van der Waals surface area (Å²) in [5, 5.41) is 17.8. The molecule has 10 heterocycles. The third-order valence-corrected chi connectivity index (χ3v) is 16.0. The second-order valence-electron chi connectivity index (χ2n) is 23.7. The van der Waals surface area contributed by atoms with Crippen LogP contribution in [0.1, 0.15) is 38.5 Å². The predicted molar refractivity (Wildman–Crippen MR) is 403 cm³/mol. The van der Waals surface area contributed by atoms with Gasteiger partial charge in [-0.3, -0.25) is 19.2 Å². The van der Waals surface area contributed by atoms with Gasteiger partial charge in [-0.05, 0) is 111 Å². The molecule has 32 nitrogen and oxygen atoms in total. The monoisotopic (exact) mass is 1510 g/mol. The normalized spacial score (nSPS) is 14.8. The zero-order valence-electron chi connectivity index (χ0n) is 60.8. The van der Waals surface area contributed by atoms with E-state index in [0.29, 0.717) is 134 Å². The Bertz CT molecular complexity index is 4480. The van der Waals surface area contributed by atoms with E-state index in [9.17, 15) is 32.3 Å². The molecule has 0 radical (unpaired) electrons. The highest BCUT2D eigenvalue weighted by atomic mass is 19.1. The fourth-order valence-electron chi connectivity index (χ4n) is 10.7. The summed E-state index contributed by atoms with van der Waals surface area (Å²) in [7, 11) is 7.71. The van der Waals surface area contributed by atoms with Crippen molar-refractivity contribution in [1.29, 1.82) is 0 Å². The fourth-order valence-corrected chi connectivity index (χ4v) is 10.7. The Morgan fingerprint density at radius 3 is 1.15 bits per heavy atom. The lowest BCUT2D eigenvalue weighted by molar-refractivity contribution is -0.129. The largest absolute Gasteiger partial charge is 0.497 e. The van der Waals surface area contributed by atoms with Crippen LogP contribution in [0.2, 0.25) is 0 Å². The summed E-state index contributed by atoms with van der Waals surface area (Å²) in [6, 6.07) is 24.7. The molecule has 9 aromatic rings. The number of aromatic nitrogens is 11. The van der Waals surface area contributed by atoms with Crippen LogP contribution in [0.25, 0.3) is 0 Å². The summed E-state index contributed by atoms with van der Waals surface area (Å²) in [5.41, 5.74) is 3.97. The number of pyridine rings is 3. The zero-order chi connectivity index (χ0) is 78.3. The number of nitrogens with one attached hydrogen (secondary N) is 6. The summed E-state index contributed by atoms with van der Waals surface area (Å²) in [5.74, 6) is 0.724. The number of methoxy groups -OCH3 is 5. The Kier molecular flexibility index (Phi) is 29.7. The molecule has 3 fully saturated rings. The highest BCUT2D eigenvalue weighted by molar-refractivity contribution is 5.99. The molecule has 0 saturated carbocycles. The Morgan fingerprint density at radius 1 is 0.409 bits per heavy atom. The van der Waals surface area contributed by atoms with Gasteiger partial charge in [-0.1, -0.05) is 38.4 Å². The first-order valence-corrected chi connectivity index (χ1v) is 34.1. The molecule has 574 valence electrons. The van der Waals surface area contributed by atoms with Crippen molar-refractivity contribution in [2.24, 2.45) is 0 Å². The van der Waals surface area contributed by atoms with E-state index in [1.54, 1.807) is 114 Å². The van der Waals surface area contributed by atoms with Crippen molar-refractivity contribution in [2.45, 2.75) is 56.8 Å². The van der Waals surface area contributed by atoms with Gasteiger partial charge in [-0.15, -0.1) is 0 Å². The minimum Gasteiger partial charge on any atom is -0.497 e. The SMILES string of the molecule is C=CC(=O)N1CCCC(Oc2nc(Nc3ccc(OC)nc3)ncc2F)C1.C=CC(=O)N1CCC[C@@H](Oc2nc(Nc3cccc(OC)c3)ncc2F)C1.C=CC(=O)N1CCC[C@H](Oc2nc(Nc3ccc(OC)nc3)ncc2F)C1.C=CC(=O)Nc1cccc(Nc2nc(Nc3ccc(OC)nc3)ncc2OC)c1. The number of ether oxygens (including phenoxy) is 8. The van der Waals surface area contributed by atoms with Crippen LogP contribution in [0, 0.1) is 17.5 Å². The molecule has 3 atom stereocenters. The maximum Gasteiger partial charge on any atom is 0.255 e. The van der Waals surface area contributed by atoms with E-state index in [0.717, 1.165) is 37.9 Å². The number of amides is 4. The molecular formula is C75H81F3N20O12. The van der Waals surface area contributed by atoms with Crippen molar-refractivity contribution >= 4 is 87.4 Å². The van der Waals surface area contributed by atoms with Gasteiger partial charge in [0.1, 0.15) is 24.1 Å². The number of rotatable bonds is 26. The predicted octanol–water partition coefficient (Wildman–Crippen LogP) is 11.1. The van der Waals surface area contributed by atoms with Gasteiger partial charge in [0, 0.05) is 61.0 Å². The molecular weight excluding hydrogens is 1430 g/mol. The molecule has 0 spiro atoms. The van der Waals surface area contributed by atoms with E-state index in [4.69, 9.17) is 37.9 Å². The molecule has 4 amide bonds. The van der Waals surface area contributed by atoms with Gasteiger partial charge in [0.15, 0.2) is 11.6 Å². The highest BCUT2D eigenvalue weighted by Gasteiger charge is 2.29. The first-order chi connectivity index (χ1) is 53.4. The molecule has 6 N–H and O–H groups in total. The number of benzene rings is 2. The molecule has 0 bridgehead atoms. The van der Waals surface area contributed by atoms with Gasteiger partial charge >= 0.3 is 0 Å². The molecule has 12 rings (SSSR count).